The summed E-state index contributed by atoms with van der Waals surface area (Å²) in [6, 6.07) is 12.0. The quantitative estimate of drug-likeness (QED) is 0.844. The second-order valence-electron chi connectivity index (χ2n) is 6.03. The van der Waals surface area contributed by atoms with Gasteiger partial charge in [0.25, 0.3) is 5.91 Å². The van der Waals surface area contributed by atoms with Crippen molar-refractivity contribution in [2.45, 2.75) is 38.3 Å². The van der Waals surface area contributed by atoms with Crippen molar-refractivity contribution in [2.75, 3.05) is 0 Å². The largest absolute Gasteiger partial charge is 0.490 e. The Kier molecular flexibility index (Phi) is 5.28. The van der Waals surface area contributed by atoms with Crippen LogP contribution in [-0.2, 0) is 6.54 Å². The van der Waals surface area contributed by atoms with Crippen LogP contribution in [0.3, 0.4) is 0 Å². The first-order valence-corrected chi connectivity index (χ1v) is 8.36. The molecule has 0 bridgehead atoms. The van der Waals surface area contributed by atoms with E-state index >= 15 is 0 Å². The maximum Gasteiger partial charge on any atom is 0.354 e. The van der Waals surface area contributed by atoms with Gasteiger partial charge in [0.1, 0.15) is 17.1 Å². The number of hydrogen-bond acceptors (Lipinski definition) is 4. The van der Waals surface area contributed by atoms with Gasteiger partial charge in [-0.1, -0.05) is 24.3 Å². The van der Waals surface area contributed by atoms with E-state index in [9.17, 15) is 9.59 Å². The summed E-state index contributed by atoms with van der Waals surface area (Å²) in [7, 11) is 0. The van der Waals surface area contributed by atoms with Crippen LogP contribution in [0.25, 0.3) is 0 Å². The third-order valence-electron chi connectivity index (χ3n) is 4.21. The maximum atomic E-state index is 12.2. The molecule has 2 aromatic rings. The molecule has 1 amide bonds. The van der Waals surface area contributed by atoms with Crippen molar-refractivity contribution >= 4 is 11.9 Å². The van der Waals surface area contributed by atoms with Gasteiger partial charge in [0, 0.05) is 12.1 Å². The highest BCUT2D eigenvalue weighted by Crippen LogP contribution is 2.26. The number of carboxylic acids is 1. The monoisotopic (exact) mass is 340 g/mol. The number of carbonyl (C=O) groups excluding carboxylic acids is 1. The Morgan fingerprint density at radius 3 is 2.56 bits per heavy atom. The summed E-state index contributed by atoms with van der Waals surface area (Å²) in [6.45, 7) is 0.292. The van der Waals surface area contributed by atoms with Gasteiger partial charge in [0.05, 0.1) is 6.10 Å². The number of benzene rings is 1. The summed E-state index contributed by atoms with van der Waals surface area (Å²) in [5.41, 5.74) is 0.809. The van der Waals surface area contributed by atoms with Crippen LogP contribution in [0, 0.1) is 0 Å². The molecule has 2 N–H and O–H groups in total. The number of aromatic carboxylic acids is 1. The summed E-state index contributed by atoms with van der Waals surface area (Å²) in [5, 5.41) is 11.7. The highest BCUT2D eigenvalue weighted by molar-refractivity contribution is 5.94. The topological polar surface area (TPSA) is 88.5 Å². The molecule has 6 heteroatoms. The predicted octanol–water partition coefficient (Wildman–Crippen LogP) is 3.03. The normalized spacial score (nSPS) is 14.2. The number of carbonyl (C=O) groups is 2. The van der Waals surface area contributed by atoms with Gasteiger partial charge in [-0.3, -0.25) is 4.79 Å². The zero-order chi connectivity index (χ0) is 17.6. The van der Waals surface area contributed by atoms with Crippen LogP contribution >= 0.6 is 0 Å². The highest BCUT2D eigenvalue weighted by Gasteiger charge is 2.18. The van der Waals surface area contributed by atoms with E-state index in [0.29, 0.717) is 6.54 Å². The van der Waals surface area contributed by atoms with Crippen molar-refractivity contribution in [2.24, 2.45) is 0 Å². The van der Waals surface area contributed by atoms with Crippen LogP contribution in [0.15, 0.2) is 42.5 Å². The summed E-state index contributed by atoms with van der Waals surface area (Å²) in [4.78, 5) is 27.0. The molecule has 1 aliphatic rings. The Hall–Kier alpha value is -2.89. The number of aromatic nitrogens is 1. The van der Waals surface area contributed by atoms with Gasteiger partial charge in [0.15, 0.2) is 0 Å². The molecular weight excluding hydrogens is 320 g/mol. The number of carboxylic acid groups (broad SMARTS) is 1. The van der Waals surface area contributed by atoms with Crippen molar-refractivity contribution in [3.05, 3.63) is 59.4 Å². The molecule has 25 heavy (non-hydrogen) atoms. The van der Waals surface area contributed by atoms with Gasteiger partial charge in [-0.05, 0) is 43.9 Å². The predicted molar refractivity (Wildman–Crippen MR) is 91.7 cm³/mol. The van der Waals surface area contributed by atoms with Gasteiger partial charge in [-0.2, -0.15) is 0 Å². The summed E-state index contributed by atoms with van der Waals surface area (Å²) >= 11 is 0. The molecular formula is C19H20N2O4. The number of rotatable bonds is 6. The first-order chi connectivity index (χ1) is 12.1. The van der Waals surface area contributed by atoms with Crippen LogP contribution in [0.5, 0.6) is 5.75 Å². The molecule has 0 aliphatic heterocycles. The molecule has 130 valence electrons. The minimum atomic E-state index is -1.16. The van der Waals surface area contributed by atoms with E-state index in [1.54, 1.807) is 0 Å². The Balaban J connectivity index is 1.66. The van der Waals surface area contributed by atoms with Gasteiger partial charge in [0.2, 0.25) is 0 Å². The molecule has 0 radical (unpaired) electrons. The number of nitrogens with zero attached hydrogens (tertiary/aromatic N) is 1. The van der Waals surface area contributed by atoms with E-state index in [2.05, 4.69) is 10.3 Å². The second-order valence-corrected chi connectivity index (χ2v) is 6.03. The van der Waals surface area contributed by atoms with Gasteiger partial charge in [-0.25, -0.2) is 9.78 Å². The van der Waals surface area contributed by atoms with Crippen LogP contribution < -0.4 is 10.1 Å². The molecule has 0 atom stereocenters. The van der Waals surface area contributed by atoms with Crippen molar-refractivity contribution < 1.29 is 19.4 Å². The van der Waals surface area contributed by atoms with Crippen LogP contribution in [0.2, 0.25) is 0 Å². The molecule has 6 nitrogen and oxygen atoms in total. The number of hydrogen-bond donors (Lipinski definition) is 2. The Labute approximate surface area is 145 Å². The van der Waals surface area contributed by atoms with E-state index in [4.69, 9.17) is 9.84 Å². The summed E-state index contributed by atoms with van der Waals surface area (Å²) in [5.74, 6) is -0.800. The number of ether oxygens (including phenoxy) is 1. The lowest BCUT2D eigenvalue weighted by molar-refractivity contribution is 0.0690. The number of nitrogens with one attached hydrogen (secondary N) is 1. The zero-order valence-corrected chi connectivity index (χ0v) is 13.8. The number of amides is 1. The lowest BCUT2D eigenvalue weighted by Gasteiger charge is -2.16. The molecule has 3 rings (SSSR count). The number of para-hydroxylation sites is 1. The average molecular weight is 340 g/mol. The first-order valence-electron chi connectivity index (χ1n) is 8.36. The molecule has 0 saturated heterocycles. The van der Waals surface area contributed by atoms with Crippen molar-refractivity contribution in [3.63, 3.8) is 0 Å². The Morgan fingerprint density at radius 2 is 1.80 bits per heavy atom. The van der Waals surface area contributed by atoms with Crippen molar-refractivity contribution in [3.8, 4) is 5.75 Å². The van der Waals surface area contributed by atoms with Gasteiger partial charge >= 0.3 is 5.97 Å². The highest BCUT2D eigenvalue weighted by atomic mass is 16.5. The molecule has 1 aromatic carbocycles. The standard InChI is InChI=1S/C19H20N2O4/c22-18(15-9-5-10-16(21-15)19(23)24)20-12-13-6-1-4-11-17(13)25-14-7-2-3-8-14/h1,4-6,9-11,14H,2-3,7-8,12H2,(H,20,22)(H,23,24). The van der Waals surface area contributed by atoms with E-state index < -0.39 is 11.9 Å². The van der Waals surface area contributed by atoms with Crippen molar-refractivity contribution in [1.82, 2.24) is 10.3 Å². The molecule has 1 heterocycles. The molecule has 1 aliphatic carbocycles. The van der Waals surface area contributed by atoms with E-state index in [-0.39, 0.29) is 17.5 Å². The average Bonchev–Trinajstić information content (AvgIpc) is 3.14. The van der Waals surface area contributed by atoms with Gasteiger partial charge in [-0.15, -0.1) is 0 Å². The van der Waals surface area contributed by atoms with Crippen molar-refractivity contribution in [1.29, 1.82) is 0 Å². The molecule has 0 spiro atoms. The smallest absolute Gasteiger partial charge is 0.354 e. The lowest BCUT2D eigenvalue weighted by atomic mass is 10.2. The summed E-state index contributed by atoms with van der Waals surface area (Å²) < 4.78 is 6.05. The minimum Gasteiger partial charge on any atom is -0.490 e. The van der Waals surface area contributed by atoms with E-state index in [1.165, 1.54) is 31.0 Å². The second kappa shape index (κ2) is 7.79. The fourth-order valence-electron chi connectivity index (χ4n) is 2.90. The van der Waals surface area contributed by atoms with Crippen LogP contribution in [0.1, 0.15) is 52.2 Å². The zero-order valence-electron chi connectivity index (χ0n) is 13.8. The molecule has 1 aromatic heterocycles. The third-order valence-corrected chi connectivity index (χ3v) is 4.21. The molecule has 0 unspecified atom stereocenters. The molecule has 1 fully saturated rings. The Bertz CT molecular complexity index is 770. The molecule has 1 saturated carbocycles. The first kappa shape index (κ1) is 17.0. The van der Waals surface area contributed by atoms with Crippen LogP contribution in [0.4, 0.5) is 0 Å². The number of pyridine rings is 1. The fourth-order valence-corrected chi connectivity index (χ4v) is 2.90. The Morgan fingerprint density at radius 1 is 1.08 bits per heavy atom. The minimum absolute atomic E-state index is 0.0779. The van der Waals surface area contributed by atoms with E-state index in [1.807, 2.05) is 24.3 Å². The fraction of sp³-hybridized carbons (Fsp3) is 0.316. The maximum absolute atomic E-state index is 12.2. The van der Waals surface area contributed by atoms with Gasteiger partial charge < -0.3 is 15.2 Å². The SMILES string of the molecule is O=C(O)c1cccc(C(=O)NCc2ccccc2OC2CCCC2)n1. The third kappa shape index (κ3) is 4.35. The lowest BCUT2D eigenvalue weighted by Crippen LogP contribution is -2.25. The van der Waals surface area contributed by atoms with E-state index in [0.717, 1.165) is 24.2 Å². The summed E-state index contributed by atoms with van der Waals surface area (Å²) in [6.07, 6.45) is 4.74. The van der Waals surface area contributed by atoms with Crippen LogP contribution in [-0.4, -0.2) is 28.1 Å².